The summed E-state index contributed by atoms with van der Waals surface area (Å²) in [6.07, 6.45) is 5.95. The molecule has 0 saturated heterocycles. The van der Waals surface area contributed by atoms with Crippen molar-refractivity contribution in [2.75, 3.05) is 5.75 Å². The van der Waals surface area contributed by atoms with Crippen LogP contribution in [0.2, 0.25) is 5.02 Å². The fraction of sp³-hybridized carbons (Fsp3) is 0.121. The van der Waals surface area contributed by atoms with Gasteiger partial charge in [0.05, 0.1) is 5.75 Å². The number of nitrogens with two attached hydrogens (primary N) is 1. The molecular weight excluding hydrogens is 538 g/mol. The van der Waals surface area contributed by atoms with E-state index in [1.54, 1.807) is 6.08 Å². The fourth-order valence-corrected chi connectivity index (χ4v) is 5.70. The van der Waals surface area contributed by atoms with Crippen molar-refractivity contribution in [2.24, 2.45) is 5.14 Å². The molecule has 5 nitrogen and oxygen atoms in total. The highest BCUT2D eigenvalue weighted by Gasteiger charge is 2.41. The molecule has 7 heteroatoms. The van der Waals surface area contributed by atoms with Gasteiger partial charge in [0, 0.05) is 22.8 Å². The number of aromatic amines is 1. The molecule has 1 atom stereocenters. The zero-order valence-electron chi connectivity index (χ0n) is 21.8. The Morgan fingerprint density at radius 2 is 1.30 bits per heavy atom. The Balaban J connectivity index is 1.67. The Kier molecular flexibility index (Phi) is 8.31. The number of benzene rings is 4. The van der Waals surface area contributed by atoms with Gasteiger partial charge in [0.15, 0.2) is 0 Å². The number of hydrogen-bond acceptors (Lipinski definition) is 3. The number of halogens is 1. The molecule has 0 aliphatic heterocycles. The van der Waals surface area contributed by atoms with Crippen LogP contribution >= 0.6 is 11.6 Å². The van der Waals surface area contributed by atoms with Gasteiger partial charge < -0.3 is 4.98 Å². The lowest BCUT2D eigenvalue weighted by Gasteiger charge is -2.34. The van der Waals surface area contributed by atoms with Gasteiger partial charge in [-0.1, -0.05) is 127 Å². The molecule has 40 heavy (non-hydrogen) atoms. The highest BCUT2D eigenvalue weighted by molar-refractivity contribution is 7.89. The molecule has 5 rings (SSSR count). The van der Waals surface area contributed by atoms with Gasteiger partial charge in [-0.05, 0) is 40.8 Å². The number of aromatic nitrogens is 2. The second-order valence-electron chi connectivity index (χ2n) is 9.73. The van der Waals surface area contributed by atoms with Crippen LogP contribution in [0.1, 0.15) is 39.7 Å². The van der Waals surface area contributed by atoms with Gasteiger partial charge in [-0.3, -0.25) is 0 Å². The maximum atomic E-state index is 11.6. The zero-order valence-corrected chi connectivity index (χ0v) is 23.4. The van der Waals surface area contributed by atoms with Crippen molar-refractivity contribution in [1.82, 2.24) is 9.97 Å². The fourth-order valence-electron chi connectivity index (χ4n) is 5.20. The van der Waals surface area contributed by atoms with Gasteiger partial charge in [0.1, 0.15) is 11.2 Å². The monoisotopic (exact) mass is 567 g/mol. The second kappa shape index (κ2) is 12.0. The minimum atomic E-state index is -3.64. The van der Waals surface area contributed by atoms with E-state index in [0.29, 0.717) is 11.4 Å². The quantitative estimate of drug-likeness (QED) is 0.147. The van der Waals surface area contributed by atoms with Gasteiger partial charge in [-0.2, -0.15) is 0 Å². The zero-order chi connectivity index (χ0) is 28.0. The minimum absolute atomic E-state index is 0.177. The highest BCUT2D eigenvalue weighted by Crippen LogP contribution is 2.44. The van der Waals surface area contributed by atoms with Gasteiger partial charge >= 0.3 is 0 Å². The van der Waals surface area contributed by atoms with Crippen molar-refractivity contribution in [2.45, 2.75) is 17.8 Å². The molecule has 202 valence electrons. The maximum Gasteiger partial charge on any atom is 0.212 e. The predicted octanol–water partition coefficient (Wildman–Crippen LogP) is 6.62. The van der Waals surface area contributed by atoms with Gasteiger partial charge in [-0.25, -0.2) is 18.5 Å². The van der Waals surface area contributed by atoms with Crippen LogP contribution in [0.3, 0.4) is 0 Å². The first-order chi connectivity index (χ1) is 19.4. The van der Waals surface area contributed by atoms with Crippen molar-refractivity contribution in [3.8, 4) is 0 Å². The highest BCUT2D eigenvalue weighted by atomic mass is 35.5. The molecule has 0 amide bonds. The Morgan fingerprint density at radius 3 is 1.77 bits per heavy atom. The van der Waals surface area contributed by atoms with E-state index in [4.69, 9.17) is 21.7 Å². The number of nitrogens with zero attached hydrogens (tertiary/aromatic N) is 1. The van der Waals surface area contributed by atoms with Gasteiger partial charge in [0.2, 0.25) is 10.0 Å². The van der Waals surface area contributed by atoms with Crippen molar-refractivity contribution in [3.05, 3.63) is 172 Å². The Morgan fingerprint density at radius 1 is 0.800 bits per heavy atom. The third kappa shape index (κ3) is 6.10. The molecule has 1 heterocycles. The van der Waals surface area contributed by atoms with E-state index in [-0.39, 0.29) is 11.7 Å². The molecule has 1 unspecified atom stereocenters. The van der Waals surface area contributed by atoms with Crippen LogP contribution < -0.4 is 5.14 Å². The summed E-state index contributed by atoms with van der Waals surface area (Å²) in [6, 6.07) is 38.7. The number of H-pyrrole nitrogens is 1. The molecule has 3 N–H and O–H groups in total. The molecule has 5 aromatic rings. The van der Waals surface area contributed by atoms with Crippen molar-refractivity contribution in [1.29, 1.82) is 0 Å². The molecular formula is C33H30ClN3O2S. The Bertz CT molecular complexity index is 1570. The number of nitrogens with one attached hydrogen (secondary N) is 1. The lowest BCUT2D eigenvalue weighted by Crippen LogP contribution is -2.32. The second-order valence-corrected chi connectivity index (χ2v) is 11.8. The van der Waals surface area contributed by atoms with E-state index in [2.05, 4.69) is 41.4 Å². The third-order valence-corrected chi connectivity index (χ3v) is 7.95. The normalized spacial score (nSPS) is 12.9. The lowest BCUT2D eigenvalue weighted by atomic mass is 9.69. The van der Waals surface area contributed by atoms with E-state index in [1.165, 1.54) is 0 Å². The first-order valence-corrected chi connectivity index (χ1v) is 15.1. The molecule has 4 aromatic carbocycles. The first-order valence-electron chi connectivity index (χ1n) is 13.0. The number of sulfonamides is 1. The summed E-state index contributed by atoms with van der Waals surface area (Å²) in [5.41, 5.74) is 4.44. The molecule has 1 aromatic heterocycles. The topological polar surface area (TPSA) is 88.8 Å². The number of rotatable bonds is 10. The molecule has 0 spiro atoms. The van der Waals surface area contributed by atoms with Crippen molar-refractivity contribution >= 4 is 21.6 Å². The predicted molar refractivity (Wildman–Crippen MR) is 162 cm³/mol. The van der Waals surface area contributed by atoms with Crippen LogP contribution in [0.25, 0.3) is 0 Å². The van der Waals surface area contributed by atoms with Crippen LogP contribution in [0.5, 0.6) is 0 Å². The molecule has 0 saturated carbocycles. The largest absolute Gasteiger partial charge is 0.344 e. The van der Waals surface area contributed by atoms with E-state index < -0.39 is 15.4 Å². The molecule has 0 aliphatic carbocycles. The first kappa shape index (κ1) is 27.6. The lowest BCUT2D eigenvalue weighted by molar-refractivity contribution is 0.600. The molecule has 0 aliphatic rings. The number of primary sulfonamides is 1. The van der Waals surface area contributed by atoms with E-state index >= 15 is 0 Å². The summed E-state index contributed by atoms with van der Waals surface area (Å²) in [7, 11) is -3.64. The Labute approximate surface area is 240 Å². The third-order valence-electron chi connectivity index (χ3n) is 7.04. The van der Waals surface area contributed by atoms with Crippen LogP contribution in [0.15, 0.2) is 134 Å². The summed E-state index contributed by atoms with van der Waals surface area (Å²) < 4.78 is 23.3. The van der Waals surface area contributed by atoms with Crippen LogP contribution in [0, 0.1) is 0 Å². The molecule has 0 bridgehead atoms. The summed E-state index contributed by atoms with van der Waals surface area (Å²) in [4.78, 5) is 8.66. The van der Waals surface area contributed by atoms with Crippen LogP contribution in [-0.2, 0) is 21.9 Å². The Hall–Kier alpha value is -3.97. The minimum Gasteiger partial charge on any atom is -0.344 e. The summed E-state index contributed by atoms with van der Waals surface area (Å²) in [5, 5.41) is 5.93. The molecule has 0 radical (unpaired) electrons. The van der Waals surface area contributed by atoms with Crippen LogP contribution in [0.4, 0.5) is 0 Å². The van der Waals surface area contributed by atoms with Gasteiger partial charge in [-0.15, -0.1) is 0 Å². The summed E-state index contributed by atoms with van der Waals surface area (Å²) >= 11 is 6.12. The number of hydrogen-bond donors (Lipinski definition) is 2. The van der Waals surface area contributed by atoms with Gasteiger partial charge in [0.25, 0.3) is 0 Å². The smallest absolute Gasteiger partial charge is 0.212 e. The maximum absolute atomic E-state index is 11.6. The van der Waals surface area contributed by atoms with Crippen LogP contribution in [-0.4, -0.2) is 24.1 Å². The molecule has 0 fully saturated rings. The van der Waals surface area contributed by atoms with E-state index in [9.17, 15) is 8.42 Å². The average Bonchev–Trinajstić information content (AvgIpc) is 3.46. The van der Waals surface area contributed by atoms with Crippen molar-refractivity contribution in [3.63, 3.8) is 0 Å². The number of allylic oxidation sites excluding steroid dienone is 1. The summed E-state index contributed by atoms with van der Waals surface area (Å²) in [6.45, 7) is 0. The van der Waals surface area contributed by atoms with E-state index in [0.717, 1.165) is 33.8 Å². The average molecular weight is 568 g/mol. The van der Waals surface area contributed by atoms with Crippen molar-refractivity contribution < 1.29 is 8.42 Å². The standard InChI is InChI=1S/C33H30ClN3O2S/c34-30-20-18-25(19-21-30)23-26(11-10-22-40(35,38)39)31-24-36-32(37-31)33(27-12-4-1-5-13-27,28-14-6-2-7-15-28)29-16-8-3-9-17-29/h1-21,24,26H,22-23H2,(H,36,37)(H2,35,38,39)/b11-10+. The summed E-state index contributed by atoms with van der Waals surface area (Å²) in [5.74, 6) is 0.351. The van der Waals surface area contributed by atoms with E-state index in [1.807, 2.05) is 91.1 Å². The number of imidazole rings is 1. The SMILES string of the molecule is NS(=O)(=O)C/C=C/C(Cc1ccc(Cl)cc1)c1cnc(C(c2ccccc2)(c2ccccc2)c2ccccc2)[nH]1.